The Morgan fingerprint density at radius 2 is 2.05 bits per heavy atom. The van der Waals surface area contributed by atoms with E-state index in [0.29, 0.717) is 0 Å². The van der Waals surface area contributed by atoms with Gasteiger partial charge in [-0.15, -0.1) is 0 Å². The molecule has 1 saturated heterocycles. The van der Waals surface area contributed by atoms with Gasteiger partial charge in [0.25, 0.3) is 0 Å². The molecule has 6 nitrogen and oxygen atoms in total. The third-order valence-electron chi connectivity index (χ3n) is 2.82. The number of benzene rings is 1. The van der Waals surface area contributed by atoms with E-state index in [0.717, 1.165) is 10.5 Å². The largest absolute Gasteiger partial charge is 0.444 e. The summed E-state index contributed by atoms with van der Waals surface area (Å²) in [4.78, 5) is 35.3. The third kappa shape index (κ3) is 3.09. The number of hydrogen-bond donors (Lipinski definition) is 1. The first-order valence-electron chi connectivity index (χ1n) is 5.87. The van der Waals surface area contributed by atoms with Crippen molar-refractivity contribution in [2.24, 2.45) is 0 Å². The standard InChI is InChI=1S/C13H14N2O4/c1-9(16)11-7-15(12(17)14-11)13(18)19-8-10-5-3-2-4-6-10/h2-6,11H,7-8H2,1H3,(H,14,17)/t11-/m0/s1. The van der Waals surface area contributed by atoms with Gasteiger partial charge in [-0.2, -0.15) is 0 Å². The van der Waals surface area contributed by atoms with Crippen molar-refractivity contribution in [3.05, 3.63) is 35.9 Å². The molecule has 0 bridgehead atoms. The molecule has 1 aromatic carbocycles. The maximum Gasteiger partial charge on any atom is 0.418 e. The lowest BCUT2D eigenvalue weighted by atomic mass is 10.2. The molecule has 1 aromatic rings. The number of carbonyl (C=O) groups is 3. The zero-order chi connectivity index (χ0) is 13.8. The van der Waals surface area contributed by atoms with E-state index in [1.165, 1.54) is 6.92 Å². The highest BCUT2D eigenvalue weighted by atomic mass is 16.6. The molecule has 6 heteroatoms. The number of imide groups is 1. The maximum atomic E-state index is 11.7. The van der Waals surface area contributed by atoms with Gasteiger partial charge in [0.05, 0.1) is 6.54 Å². The van der Waals surface area contributed by atoms with Crippen LogP contribution in [0.1, 0.15) is 12.5 Å². The van der Waals surface area contributed by atoms with Crippen LogP contribution in [0.25, 0.3) is 0 Å². The number of ether oxygens (including phenoxy) is 1. The van der Waals surface area contributed by atoms with Gasteiger partial charge >= 0.3 is 12.1 Å². The van der Waals surface area contributed by atoms with Crippen LogP contribution in [0, 0.1) is 0 Å². The number of hydrogen-bond acceptors (Lipinski definition) is 4. The van der Waals surface area contributed by atoms with Gasteiger partial charge in [0.2, 0.25) is 0 Å². The highest BCUT2D eigenvalue weighted by Gasteiger charge is 2.36. The molecule has 1 aliphatic heterocycles. The Balaban J connectivity index is 1.90. The van der Waals surface area contributed by atoms with Crippen LogP contribution < -0.4 is 5.32 Å². The number of nitrogens with zero attached hydrogens (tertiary/aromatic N) is 1. The van der Waals surface area contributed by atoms with E-state index < -0.39 is 18.2 Å². The topological polar surface area (TPSA) is 75.7 Å². The van der Waals surface area contributed by atoms with Crippen LogP contribution in [0.5, 0.6) is 0 Å². The number of amides is 3. The van der Waals surface area contributed by atoms with Gasteiger partial charge in [0.1, 0.15) is 12.6 Å². The van der Waals surface area contributed by atoms with Crippen LogP contribution in [0.2, 0.25) is 0 Å². The lowest BCUT2D eigenvalue weighted by molar-refractivity contribution is -0.118. The molecular formula is C13H14N2O4. The van der Waals surface area contributed by atoms with E-state index in [1.54, 1.807) is 0 Å². The molecular weight excluding hydrogens is 248 g/mol. The van der Waals surface area contributed by atoms with Crippen molar-refractivity contribution in [2.75, 3.05) is 6.54 Å². The monoisotopic (exact) mass is 262 g/mol. The molecule has 1 heterocycles. The fourth-order valence-corrected chi connectivity index (χ4v) is 1.72. The van der Waals surface area contributed by atoms with Crippen molar-refractivity contribution in [1.29, 1.82) is 0 Å². The zero-order valence-electron chi connectivity index (χ0n) is 10.5. The predicted octanol–water partition coefficient (Wildman–Crippen LogP) is 1.31. The molecule has 1 aliphatic rings. The Labute approximate surface area is 110 Å². The number of nitrogens with one attached hydrogen (secondary N) is 1. The first-order valence-corrected chi connectivity index (χ1v) is 5.87. The molecule has 2 rings (SSSR count). The zero-order valence-corrected chi connectivity index (χ0v) is 10.5. The van der Waals surface area contributed by atoms with E-state index >= 15 is 0 Å². The van der Waals surface area contributed by atoms with Crippen molar-refractivity contribution < 1.29 is 19.1 Å². The molecule has 1 N–H and O–H groups in total. The molecule has 1 atom stereocenters. The molecule has 19 heavy (non-hydrogen) atoms. The van der Waals surface area contributed by atoms with Crippen molar-refractivity contribution in [2.45, 2.75) is 19.6 Å². The summed E-state index contributed by atoms with van der Waals surface area (Å²) in [5.41, 5.74) is 0.832. The summed E-state index contributed by atoms with van der Waals surface area (Å²) in [6, 6.07) is 7.91. The Morgan fingerprint density at radius 1 is 1.37 bits per heavy atom. The average molecular weight is 262 g/mol. The molecule has 0 aliphatic carbocycles. The van der Waals surface area contributed by atoms with Crippen molar-refractivity contribution >= 4 is 17.9 Å². The highest BCUT2D eigenvalue weighted by molar-refractivity contribution is 5.97. The first-order chi connectivity index (χ1) is 9.08. The number of carbonyl (C=O) groups excluding carboxylic acids is 3. The number of urea groups is 1. The number of ketones is 1. The number of rotatable bonds is 3. The highest BCUT2D eigenvalue weighted by Crippen LogP contribution is 2.09. The predicted molar refractivity (Wildman–Crippen MR) is 66.3 cm³/mol. The average Bonchev–Trinajstić information content (AvgIpc) is 2.80. The van der Waals surface area contributed by atoms with E-state index in [2.05, 4.69) is 5.32 Å². The SMILES string of the molecule is CC(=O)[C@@H]1CN(C(=O)OCc2ccccc2)C(=O)N1. The normalized spacial score (nSPS) is 18.1. The summed E-state index contributed by atoms with van der Waals surface area (Å²) in [5.74, 6) is -0.188. The fourth-order valence-electron chi connectivity index (χ4n) is 1.72. The van der Waals surface area contributed by atoms with Gasteiger partial charge < -0.3 is 10.1 Å². The molecule has 0 unspecified atom stereocenters. The van der Waals surface area contributed by atoms with Crippen LogP contribution in [-0.4, -0.2) is 35.4 Å². The molecule has 0 radical (unpaired) electrons. The Hall–Kier alpha value is -2.37. The van der Waals surface area contributed by atoms with E-state index in [-0.39, 0.29) is 18.9 Å². The van der Waals surface area contributed by atoms with Crippen molar-refractivity contribution in [3.63, 3.8) is 0 Å². The summed E-state index contributed by atoms with van der Waals surface area (Å²) in [5, 5.41) is 2.42. The molecule has 0 aromatic heterocycles. The van der Waals surface area contributed by atoms with Crippen LogP contribution >= 0.6 is 0 Å². The van der Waals surface area contributed by atoms with Crippen LogP contribution in [0.15, 0.2) is 30.3 Å². The van der Waals surface area contributed by atoms with E-state index in [9.17, 15) is 14.4 Å². The quantitative estimate of drug-likeness (QED) is 0.891. The second kappa shape index (κ2) is 5.51. The van der Waals surface area contributed by atoms with Crippen molar-refractivity contribution in [3.8, 4) is 0 Å². The van der Waals surface area contributed by atoms with Crippen LogP contribution in [-0.2, 0) is 16.1 Å². The smallest absolute Gasteiger partial charge is 0.418 e. The fraction of sp³-hybridized carbons (Fsp3) is 0.308. The summed E-state index contributed by atoms with van der Waals surface area (Å²) < 4.78 is 5.03. The molecule has 0 spiro atoms. The minimum atomic E-state index is -0.745. The molecule has 1 fully saturated rings. The van der Waals surface area contributed by atoms with Crippen LogP contribution in [0.3, 0.4) is 0 Å². The summed E-state index contributed by atoms with van der Waals surface area (Å²) in [6.07, 6.45) is -0.745. The lowest BCUT2D eigenvalue weighted by Crippen LogP contribution is -2.34. The van der Waals surface area contributed by atoms with Gasteiger partial charge in [-0.3, -0.25) is 4.79 Å². The maximum absolute atomic E-state index is 11.7. The second-order valence-electron chi connectivity index (χ2n) is 4.26. The lowest BCUT2D eigenvalue weighted by Gasteiger charge is -2.12. The second-order valence-corrected chi connectivity index (χ2v) is 4.26. The first kappa shape index (κ1) is 13.1. The Bertz CT molecular complexity index is 501. The molecule has 100 valence electrons. The summed E-state index contributed by atoms with van der Waals surface area (Å²) in [6.45, 7) is 1.47. The van der Waals surface area contributed by atoms with Gasteiger partial charge in [-0.25, -0.2) is 14.5 Å². The van der Waals surface area contributed by atoms with Gasteiger partial charge in [-0.05, 0) is 12.5 Å². The minimum Gasteiger partial charge on any atom is -0.444 e. The van der Waals surface area contributed by atoms with Crippen molar-refractivity contribution in [1.82, 2.24) is 10.2 Å². The Morgan fingerprint density at radius 3 is 2.63 bits per heavy atom. The third-order valence-corrected chi connectivity index (χ3v) is 2.82. The van der Waals surface area contributed by atoms with Gasteiger partial charge in [-0.1, -0.05) is 30.3 Å². The number of Topliss-reactive ketones (excluding diaryl/α,β-unsaturated/α-hetero) is 1. The summed E-state index contributed by atoms with van der Waals surface area (Å²) >= 11 is 0. The minimum absolute atomic E-state index is 0.0157. The van der Waals surface area contributed by atoms with Crippen LogP contribution in [0.4, 0.5) is 9.59 Å². The summed E-state index contributed by atoms with van der Waals surface area (Å²) in [7, 11) is 0. The molecule has 0 saturated carbocycles. The van der Waals surface area contributed by atoms with E-state index in [4.69, 9.17) is 4.74 Å². The van der Waals surface area contributed by atoms with E-state index in [1.807, 2.05) is 30.3 Å². The Kier molecular flexibility index (Phi) is 3.79. The molecule has 3 amide bonds. The van der Waals surface area contributed by atoms with Gasteiger partial charge in [0.15, 0.2) is 5.78 Å². The van der Waals surface area contributed by atoms with Gasteiger partial charge in [0, 0.05) is 0 Å².